The van der Waals surface area contributed by atoms with E-state index >= 15 is 0 Å². The summed E-state index contributed by atoms with van der Waals surface area (Å²) >= 11 is 12.1. The van der Waals surface area contributed by atoms with Gasteiger partial charge in [0.15, 0.2) is 0 Å². The highest BCUT2D eigenvalue weighted by molar-refractivity contribution is 6.35. The molecule has 1 aromatic rings. The van der Waals surface area contributed by atoms with Gasteiger partial charge in [-0.3, -0.25) is 19.3 Å². The Bertz CT molecular complexity index is 781. The molecule has 0 aliphatic carbocycles. The van der Waals surface area contributed by atoms with E-state index in [-0.39, 0.29) is 36.3 Å². The van der Waals surface area contributed by atoms with E-state index in [1.54, 1.807) is 23.1 Å². The van der Waals surface area contributed by atoms with E-state index in [1.165, 1.54) is 7.11 Å². The van der Waals surface area contributed by atoms with Gasteiger partial charge < -0.3 is 15.0 Å². The molecule has 2 aliphatic heterocycles. The number of carbonyl (C=O) groups is 3. The maximum Gasteiger partial charge on any atom is 0.308 e. The highest BCUT2D eigenvalue weighted by atomic mass is 35.5. The summed E-state index contributed by atoms with van der Waals surface area (Å²) in [5.74, 6) is -0.567. The monoisotopic (exact) mass is 441 g/mol. The maximum atomic E-state index is 12.8. The number of benzene rings is 1. The third-order valence-electron chi connectivity index (χ3n) is 5.57. The summed E-state index contributed by atoms with van der Waals surface area (Å²) in [6, 6.07) is 4.51. The number of nitrogens with zero attached hydrogens (tertiary/aromatic N) is 2. The van der Waals surface area contributed by atoms with Gasteiger partial charge in [0, 0.05) is 18.1 Å². The second kappa shape index (κ2) is 9.78. The Balaban J connectivity index is 1.55. The van der Waals surface area contributed by atoms with Gasteiger partial charge in [0.25, 0.3) is 0 Å². The highest BCUT2D eigenvalue weighted by Gasteiger charge is 2.34. The van der Waals surface area contributed by atoms with Crippen LogP contribution in [-0.2, 0) is 19.1 Å². The molecule has 0 saturated carbocycles. The Hall–Kier alpha value is -1.83. The molecule has 7 nitrogen and oxygen atoms in total. The predicted octanol–water partition coefficient (Wildman–Crippen LogP) is 2.81. The molecular formula is C20H25Cl2N3O4. The van der Waals surface area contributed by atoms with E-state index in [0.29, 0.717) is 54.6 Å². The number of hydrogen-bond donors (Lipinski definition) is 1. The molecule has 1 N–H and O–H groups in total. The Morgan fingerprint density at radius 2 is 1.86 bits per heavy atom. The van der Waals surface area contributed by atoms with Crippen molar-refractivity contribution in [1.82, 2.24) is 9.80 Å². The second-order valence-corrected chi connectivity index (χ2v) is 8.26. The molecule has 2 heterocycles. The molecule has 2 amide bonds. The van der Waals surface area contributed by atoms with Gasteiger partial charge in [-0.1, -0.05) is 23.2 Å². The molecule has 0 spiro atoms. The van der Waals surface area contributed by atoms with Crippen LogP contribution < -0.4 is 5.32 Å². The number of nitrogens with one attached hydrogen (secondary N) is 1. The van der Waals surface area contributed by atoms with Crippen molar-refractivity contribution in [2.24, 2.45) is 5.92 Å². The van der Waals surface area contributed by atoms with Crippen molar-refractivity contribution in [2.45, 2.75) is 31.7 Å². The fraction of sp³-hybridized carbons (Fsp3) is 0.550. The van der Waals surface area contributed by atoms with E-state index in [9.17, 15) is 14.4 Å². The largest absolute Gasteiger partial charge is 0.469 e. The molecule has 0 unspecified atom stereocenters. The van der Waals surface area contributed by atoms with E-state index in [1.807, 2.05) is 4.90 Å². The van der Waals surface area contributed by atoms with E-state index in [0.717, 1.165) is 6.42 Å². The van der Waals surface area contributed by atoms with E-state index < -0.39 is 0 Å². The minimum atomic E-state index is -0.387. The number of piperidine rings is 1. The number of anilines is 1. The molecule has 2 saturated heterocycles. The second-order valence-electron chi connectivity index (χ2n) is 7.42. The van der Waals surface area contributed by atoms with Crippen LogP contribution in [0.5, 0.6) is 0 Å². The van der Waals surface area contributed by atoms with Gasteiger partial charge >= 0.3 is 5.97 Å². The predicted molar refractivity (Wildman–Crippen MR) is 111 cm³/mol. The van der Waals surface area contributed by atoms with Crippen LogP contribution in [0.1, 0.15) is 25.7 Å². The normalized spacial score (nSPS) is 20.5. The van der Waals surface area contributed by atoms with Crippen LogP contribution in [0, 0.1) is 5.92 Å². The SMILES string of the molecule is COC(=O)C1CCN(C(=O)CN2CCC[C@@H]2C(=O)Nc2cc(Cl)ccc2Cl)CC1. The first-order valence-corrected chi connectivity index (χ1v) is 10.5. The van der Waals surface area contributed by atoms with E-state index in [4.69, 9.17) is 27.9 Å². The number of likely N-dealkylation sites (tertiary alicyclic amines) is 2. The van der Waals surface area contributed by atoms with Gasteiger partial charge in [-0.05, 0) is 50.4 Å². The van der Waals surface area contributed by atoms with Crippen molar-refractivity contribution < 1.29 is 19.1 Å². The van der Waals surface area contributed by atoms with Gasteiger partial charge in [-0.15, -0.1) is 0 Å². The first kappa shape index (κ1) is 21.9. The summed E-state index contributed by atoms with van der Waals surface area (Å²) in [5.41, 5.74) is 0.465. The third kappa shape index (κ3) is 5.41. The fourth-order valence-corrected chi connectivity index (χ4v) is 4.26. The van der Waals surface area contributed by atoms with Crippen molar-refractivity contribution in [3.8, 4) is 0 Å². The molecule has 29 heavy (non-hydrogen) atoms. The Morgan fingerprint density at radius 1 is 1.14 bits per heavy atom. The molecule has 0 radical (unpaired) electrons. The minimum Gasteiger partial charge on any atom is -0.469 e. The van der Waals surface area contributed by atoms with Crippen LogP contribution in [0.2, 0.25) is 10.0 Å². The highest BCUT2D eigenvalue weighted by Crippen LogP contribution is 2.27. The topological polar surface area (TPSA) is 79.0 Å². The van der Waals surface area contributed by atoms with Crippen molar-refractivity contribution in [1.29, 1.82) is 0 Å². The summed E-state index contributed by atoms with van der Waals surface area (Å²) in [5, 5.41) is 3.73. The number of hydrogen-bond acceptors (Lipinski definition) is 5. The third-order valence-corrected chi connectivity index (χ3v) is 6.14. The quantitative estimate of drug-likeness (QED) is 0.710. The summed E-state index contributed by atoms with van der Waals surface area (Å²) in [7, 11) is 1.38. The zero-order valence-electron chi connectivity index (χ0n) is 16.3. The number of carbonyl (C=O) groups excluding carboxylic acids is 3. The van der Waals surface area contributed by atoms with Gasteiger partial charge in [-0.2, -0.15) is 0 Å². The maximum absolute atomic E-state index is 12.8. The summed E-state index contributed by atoms with van der Waals surface area (Å²) < 4.78 is 4.79. The lowest BCUT2D eigenvalue weighted by Crippen LogP contribution is -2.48. The Kier molecular flexibility index (Phi) is 7.38. The first-order valence-electron chi connectivity index (χ1n) is 9.74. The molecule has 2 fully saturated rings. The van der Waals surface area contributed by atoms with Crippen molar-refractivity contribution >= 4 is 46.7 Å². The van der Waals surface area contributed by atoms with Crippen LogP contribution >= 0.6 is 23.2 Å². The number of ether oxygens (including phenoxy) is 1. The average Bonchev–Trinajstić information content (AvgIpc) is 3.18. The lowest BCUT2D eigenvalue weighted by molar-refractivity contribution is -0.149. The molecule has 0 aromatic heterocycles. The van der Waals surface area contributed by atoms with Crippen molar-refractivity contribution in [3.63, 3.8) is 0 Å². The smallest absolute Gasteiger partial charge is 0.308 e. The lowest BCUT2D eigenvalue weighted by atomic mass is 9.97. The van der Waals surface area contributed by atoms with Gasteiger partial charge in [-0.25, -0.2) is 0 Å². The van der Waals surface area contributed by atoms with E-state index in [2.05, 4.69) is 5.32 Å². The fourth-order valence-electron chi connectivity index (χ4n) is 3.93. The molecule has 3 rings (SSSR count). The number of halogens is 2. The first-order chi connectivity index (χ1) is 13.9. The lowest BCUT2D eigenvalue weighted by Gasteiger charge is -2.32. The standard InChI is InChI=1S/C20H25Cl2N3O4/c1-29-20(28)13-6-9-24(10-7-13)18(26)12-25-8-2-3-17(25)19(27)23-16-11-14(21)4-5-15(16)22/h4-5,11,13,17H,2-3,6-10,12H2,1H3,(H,23,27)/t17-/m1/s1. The molecule has 0 bridgehead atoms. The van der Waals surface area contributed by atoms with Crippen molar-refractivity contribution in [2.75, 3.05) is 38.6 Å². The summed E-state index contributed by atoms with van der Waals surface area (Å²) in [4.78, 5) is 40.8. The van der Waals surface area contributed by atoms with Crippen LogP contribution in [0.15, 0.2) is 18.2 Å². The van der Waals surface area contributed by atoms with Gasteiger partial charge in [0.05, 0.1) is 36.3 Å². The summed E-state index contributed by atoms with van der Waals surface area (Å²) in [6.45, 7) is 1.93. The Labute approximate surface area is 180 Å². The number of methoxy groups -OCH3 is 1. The van der Waals surface area contributed by atoms with Crippen LogP contribution in [0.25, 0.3) is 0 Å². The zero-order valence-corrected chi connectivity index (χ0v) is 17.8. The number of esters is 1. The van der Waals surface area contributed by atoms with Crippen LogP contribution in [0.4, 0.5) is 5.69 Å². The van der Waals surface area contributed by atoms with Gasteiger partial charge in [0.2, 0.25) is 11.8 Å². The molecule has 9 heteroatoms. The average molecular weight is 442 g/mol. The number of rotatable bonds is 5. The molecular weight excluding hydrogens is 417 g/mol. The Morgan fingerprint density at radius 3 is 2.55 bits per heavy atom. The molecule has 158 valence electrons. The number of amides is 2. The molecule has 1 atom stereocenters. The summed E-state index contributed by atoms with van der Waals surface area (Å²) in [6.07, 6.45) is 2.74. The van der Waals surface area contributed by atoms with Crippen LogP contribution in [0.3, 0.4) is 0 Å². The minimum absolute atomic E-state index is 0.0196. The molecule has 1 aromatic carbocycles. The van der Waals surface area contributed by atoms with Crippen LogP contribution in [-0.4, -0.2) is 66.9 Å². The van der Waals surface area contributed by atoms with Gasteiger partial charge in [0.1, 0.15) is 0 Å². The van der Waals surface area contributed by atoms with Crippen molar-refractivity contribution in [3.05, 3.63) is 28.2 Å². The zero-order chi connectivity index (χ0) is 21.0. The molecule has 2 aliphatic rings.